The topological polar surface area (TPSA) is 130 Å². The van der Waals surface area contributed by atoms with Gasteiger partial charge in [0.25, 0.3) is 5.56 Å². The van der Waals surface area contributed by atoms with Gasteiger partial charge < -0.3 is 4.98 Å². The molecule has 0 atom stereocenters. The van der Waals surface area contributed by atoms with E-state index in [1.54, 1.807) is 24.4 Å². The highest BCUT2D eigenvalue weighted by atomic mass is 32.2. The Bertz CT molecular complexity index is 1160. The molecule has 0 amide bonds. The molecule has 25 heavy (non-hydrogen) atoms. The number of benzene rings is 1. The highest BCUT2D eigenvalue weighted by molar-refractivity contribution is 7.91. The highest BCUT2D eigenvalue weighted by Gasteiger charge is 2.16. The van der Waals surface area contributed by atoms with E-state index in [9.17, 15) is 18.0 Å². The third-order valence-corrected chi connectivity index (χ3v) is 4.25. The van der Waals surface area contributed by atoms with Crippen molar-refractivity contribution in [3.8, 4) is 11.3 Å². The quantitative estimate of drug-likeness (QED) is 0.628. The van der Waals surface area contributed by atoms with Crippen LogP contribution in [0.15, 0.2) is 34.0 Å². The Morgan fingerprint density at radius 2 is 1.96 bits per heavy atom. The summed E-state index contributed by atoms with van der Waals surface area (Å²) in [4.78, 5) is 29.2. The molecule has 0 aliphatic heterocycles. The Kier molecular flexibility index (Phi) is 3.99. The van der Waals surface area contributed by atoms with Gasteiger partial charge in [-0.05, 0) is 29.7 Å². The molecule has 0 unspecified atom stereocenters. The zero-order valence-corrected chi connectivity index (χ0v) is 14.6. The van der Waals surface area contributed by atoms with Crippen LogP contribution in [0.3, 0.4) is 0 Å². The Morgan fingerprint density at radius 3 is 2.52 bits per heavy atom. The van der Waals surface area contributed by atoms with Crippen LogP contribution in [-0.2, 0) is 10.0 Å². The van der Waals surface area contributed by atoms with Crippen molar-refractivity contribution in [2.45, 2.75) is 19.8 Å². The molecule has 0 radical (unpaired) electrons. The van der Waals surface area contributed by atoms with Crippen LogP contribution >= 0.6 is 0 Å². The van der Waals surface area contributed by atoms with Gasteiger partial charge in [-0.25, -0.2) is 18.0 Å². The average molecular weight is 363 g/mol. The van der Waals surface area contributed by atoms with E-state index in [4.69, 9.17) is 0 Å². The van der Waals surface area contributed by atoms with Gasteiger partial charge in [0.05, 0.1) is 22.9 Å². The van der Waals surface area contributed by atoms with E-state index in [0.29, 0.717) is 10.2 Å². The predicted molar refractivity (Wildman–Crippen MR) is 94.7 cm³/mol. The van der Waals surface area contributed by atoms with Crippen LogP contribution in [0.1, 0.15) is 25.3 Å². The van der Waals surface area contributed by atoms with Crippen LogP contribution in [0.25, 0.3) is 22.2 Å². The zero-order chi connectivity index (χ0) is 18.4. The molecule has 2 aromatic heterocycles. The number of hydrogen-bond donors (Lipinski definition) is 3. The van der Waals surface area contributed by atoms with Crippen LogP contribution in [0.2, 0.25) is 0 Å². The number of nitrogens with one attached hydrogen (secondary N) is 3. The van der Waals surface area contributed by atoms with Gasteiger partial charge in [-0.2, -0.15) is 9.77 Å². The van der Waals surface area contributed by atoms with Crippen molar-refractivity contribution in [1.29, 1.82) is 0 Å². The lowest BCUT2D eigenvalue weighted by Crippen LogP contribution is -2.43. The summed E-state index contributed by atoms with van der Waals surface area (Å²) in [6.07, 6.45) is 2.46. The van der Waals surface area contributed by atoms with Crippen molar-refractivity contribution in [3.05, 3.63) is 50.8 Å². The SMILES string of the molecule is CC(C)c1cc2[nH]c(=O)n(NS(C)(=O)=O)c(=O)c2cc1-c1ccn[nH]1. The molecule has 132 valence electrons. The number of fused-ring (bicyclic) bond motifs is 1. The Morgan fingerprint density at radius 1 is 1.24 bits per heavy atom. The maximum atomic E-state index is 12.6. The first-order chi connectivity index (χ1) is 11.7. The smallest absolute Gasteiger partial charge is 0.305 e. The summed E-state index contributed by atoms with van der Waals surface area (Å²) in [6, 6.07) is 5.12. The normalized spacial score (nSPS) is 12.0. The lowest BCUT2D eigenvalue weighted by atomic mass is 9.94. The van der Waals surface area contributed by atoms with E-state index in [-0.39, 0.29) is 11.3 Å². The minimum absolute atomic E-state index is 0.128. The maximum Gasteiger partial charge on any atom is 0.348 e. The Balaban J connectivity index is 2.37. The Labute approximate surface area is 142 Å². The molecule has 0 fully saturated rings. The second-order valence-corrected chi connectivity index (χ2v) is 7.77. The zero-order valence-electron chi connectivity index (χ0n) is 13.8. The molecule has 10 heteroatoms. The van der Waals surface area contributed by atoms with Crippen molar-refractivity contribution in [3.63, 3.8) is 0 Å². The van der Waals surface area contributed by atoms with E-state index in [0.717, 1.165) is 23.1 Å². The van der Waals surface area contributed by atoms with Crippen LogP contribution < -0.4 is 16.1 Å². The molecule has 0 saturated heterocycles. The summed E-state index contributed by atoms with van der Waals surface area (Å²) in [5, 5.41) is 6.96. The lowest BCUT2D eigenvalue weighted by Gasteiger charge is -2.14. The van der Waals surface area contributed by atoms with E-state index < -0.39 is 21.3 Å². The monoisotopic (exact) mass is 363 g/mol. The number of hydrogen-bond acceptors (Lipinski definition) is 5. The molecule has 1 aromatic carbocycles. The molecule has 3 rings (SSSR count). The van der Waals surface area contributed by atoms with Crippen molar-refractivity contribution in [1.82, 2.24) is 19.9 Å². The molecule has 0 bridgehead atoms. The summed E-state index contributed by atoms with van der Waals surface area (Å²) < 4.78 is 23.3. The first kappa shape index (κ1) is 17.0. The standard InChI is InChI=1S/C15H17N5O4S/c1-8(2)9-7-13-11(6-10(9)12-4-5-16-18-12)14(21)20(15(22)17-13)19-25(3,23)24/h4-8,19H,1-3H3,(H,16,18)(H,17,22). The third kappa shape index (κ3) is 3.20. The second-order valence-electron chi connectivity index (χ2n) is 6.04. The first-order valence-electron chi connectivity index (χ1n) is 7.48. The fraction of sp³-hybridized carbons (Fsp3) is 0.267. The van der Waals surface area contributed by atoms with E-state index in [1.165, 1.54) is 0 Å². The maximum absolute atomic E-state index is 12.6. The molecule has 0 aliphatic rings. The van der Waals surface area contributed by atoms with E-state index in [1.807, 2.05) is 18.7 Å². The number of rotatable bonds is 4. The molecular weight excluding hydrogens is 346 g/mol. The molecule has 0 aliphatic carbocycles. The fourth-order valence-corrected chi connectivity index (χ4v) is 3.14. The summed E-state index contributed by atoms with van der Waals surface area (Å²) >= 11 is 0. The van der Waals surface area contributed by atoms with Gasteiger partial charge in [0.2, 0.25) is 10.0 Å². The van der Waals surface area contributed by atoms with Crippen LogP contribution in [-0.4, -0.2) is 34.5 Å². The summed E-state index contributed by atoms with van der Waals surface area (Å²) in [6.45, 7) is 3.98. The van der Waals surface area contributed by atoms with E-state index in [2.05, 4.69) is 15.2 Å². The fourth-order valence-electron chi connectivity index (χ4n) is 2.65. The molecule has 0 saturated carbocycles. The summed E-state index contributed by atoms with van der Waals surface area (Å²) in [5.41, 5.74) is 1.13. The number of aromatic nitrogens is 4. The minimum atomic E-state index is -3.79. The van der Waals surface area contributed by atoms with Gasteiger partial charge in [0, 0.05) is 11.8 Å². The number of H-pyrrole nitrogens is 2. The molecule has 0 spiro atoms. The minimum Gasteiger partial charge on any atom is -0.305 e. The van der Waals surface area contributed by atoms with Crippen molar-refractivity contribution in [2.75, 3.05) is 11.1 Å². The van der Waals surface area contributed by atoms with Crippen LogP contribution in [0.5, 0.6) is 0 Å². The molecule has 2 heterocycles. The number of aromatic amines is 2. The second kappa shape index (κ2) is 5.88. The van der Waals surface area contributed by atoms with Crippen LogP contribution in [0, 0.1) is 0 Å². The molecular formula is C15H17N5O4S. The number of nitrogens with zero attached hydrogens (tertiary/aromatic N) is 2. The predicted octanol–water partition coefficient (Wildman–Crippen LogP) is 0.706. The van der Waals surface area contributed by atoms with Crippen molar-refractivity contribution < 1.29 is 8.42 Å². The average Bonchev–Trinajstić information content (AvgIpc) is 3.03. The third-order valence-electron chi connectivity index (χ3n) is 3.74. The summed E-state index contributed by atoms with van der Waals surface area (Å²) in [5.74, 6) is 0.128. The van der Waals surface area contributed by atoms with Crippen molar-refractivity contribution >= 4 is 20.9 Å². The molecule has 3 N–H and O–H groups in total. The van der Waals surface area contributed by atoms with Gasteiger partial charge in [0.1, 0.15) is 0 Å². The largest absolute Gasteiger partial charge is 0.348 e. The molecule has 3 aromatic rings. The van der Waals surface area contributed by atoms with Gasteiger partial charge >= 0.3 is 5.69 Å². The van der Waals surface area contributed by atoms with Gasteiger partial charge in [-0.3, -0.25) is 9.89 Å². The van der Waals surface area contributed by atoms with Crippen LogP contribution in [0.4, 0.5) is 0 Å². The number of sulfonamides is 1. The first-order valence-corrected chi connectivity index (χ1v) is 9.37. The van der Waals surface area contributed by atoms with E-state index >= 15 is 0 Å². The molecule has 9 nitrogen and oxygen atoms in total. The Hall–Kier alpha value is -2.88. The van der Waals surface area contributed by atoms with Gasteiger partial charge in [-0.1, -0.05) is 13.8 Å². The summed E-state index contributed by atoms with van der Waals surface area (Å²) in [7, 11) is -3.79. The van der Waals surface area contributed by atoms with Gasteiger partial charge in [0.15, 0.2) is 0 Å². The highest BCUT2D eigenvalue weighted by Crippen LogP contribution is 2.30. The lowest BCUT2D eigenvalue weighted by molar-refractivity contribution is 0.598. The van der Waals surface area contributed by atoms with Crippen molar-refractivity contribution in [2.24, 2.45) is 0 Å². The van der Waals surface area contributed by atoms with Gasteiger partial charge in [-0.15, -0.1) is 0 Å².